The average Bonchev–Trinajstić information content (AvgIpc) is 2.49. The fourth-order valence-electron chi connectivity index (χ4n) is 2.55. The van der Waals surface area contributed by atoms with Crippen molar-refractivity contribution in [1.29, 1.82) is 0 Å². The Morgan fingerprint density at radius 3 is 2.71 bits per heavy atom. The maximum absolute atomic E-state index is 13.4. The maximum Gasteiger partial charge on any atom is 0.311 e. The number of ether oxygens (including phenoxy) is 1. The molecule has 1 aliphatic heterocycles. The van der Waals surface area contributed by atoms with Gasteiger partial charge in [-0.2, -0.15) is 0 Å². The van der Waals surface area contributed by atoms with Crippen LogP contribution >= 0.6 is 0 Å². The molecule has 1 atom stereocenters. The van der Waals surface area contributed by atoms with Crippen molar-refractivity contribution in [2.75, 3.05) is 0 Å². The minimum Gasteiger partial charge on any atom is -0.426 e. The van der Waals surface area contributed by atoms with E-state index in [1.807, 2.05) is 6.07 Å². The summed E-state index contributed by atoms with van der Waals surface area (Å²) in [6.07, 6.45) is 0.255. The number of benzene rings is 2. The largest absolute Gasteiger partial charge is 0.426 e. The lowest BCUT2D eigenvalue weighted by atomic mass is 9.87. The average molecular weight is 284 g/mol. The van der Waals surface area contributed by atoms with Crippen LogP contribution in [-0.2, 0) is 4.79 Å². The summed E-state index contributed by atoms with van der Waals surface area (Å²) < 4.78 is 18.5. The predicted molar refractivity (Wildman–Crippen MR) is 74.8 cm³/mol. The summed E-state index contributed by atoms with van der Waals surface area (Å²) in [5.74, 6) is -0.850. The number of rotatable bonds is 3. The summed E-state index contributed by atoms with van der Waals surface area (Å²) in [6, 6.07) is 12.9. The van der Waals surface area contributed by atoms with E-state index in [-0.39, 0.29) is 30.5 Å². The van der Waals surface area contributed by atoms with Crippen LogP contribution in [-0.4, -0.2) is 11.8 Å². The minimum absolute atomic E-state index is 0.0643. The fourth-order valence-corrected chi connectivity index (χ4v) is 2.55. The van der Waals surface area contributed by atoms with Crippen molar-refractivity contribution in [3.8, 4) is 5.75 Å². The van der Waals surface area contributed by atoms with Gasteiger partial charge < -0.3 is 4.74 Å². The Morgan fingerprint density at radius 2 is 1.95 bits per heavy atom. The van der Waals surface area contributed by atoms with Gasteiger partial charge >= 0.3 is 5.97 Å². The summed E-state index contributed by atoms with van der Waals surface area (Å²) in [6.45, 7) is 0. The molecule has 0 amide bonds. The number of hydrogen-bond donors (Lipinski definition) is 0. The van der Waals surface area contributed by atoms with Crippen LogP contribution in [0.25, 0.3) is 0 Å². The first-order valence-corrected chi connectivity index (χ1v) is 6.72. The Bertz CT molecular complexity index is 694. The number of fused-ring (bicyclic) bond motifs is 1. The van der Waals surface area contributed by atoms with Crippen molar-refractivity contribution in [2.45, 2.75) is 18.8 Å². The molecule has 0 radical (unpaired) electrons. The van der Waals surface area contributed by atoms with Gasteiger partial charge in [0.1, 0.15) is 11.6 Å². The van der Waals surface area contributed by atoms with Crippen LogP contribution in [0.1, 0.15) is 34.7 Å². The molecule has 0 aromatic heterocycles. The van der Waals surface area contributed by atoms with Crippen molar-refractivity contribution in [3.63, 3.8) is 0 Å². The van der Waals surface area contributed by atoms with E-state index in [9.17, 15) is 14.0 Å². The van der Waals surface area contributed by atoms with E-state index >= 15 is 0 Å². The molecular formula is C17H13FO3. The number of carbonyl (C=O) groups is 2. The molecule has 1 aliphatic rings. The van der Waals surface area contributed by atoms with Crippen molar-refractivity contribution < 1.29 is 18.7 Å². The van der Waals surface area contributed by atoms with Crippen molar-refractivity contribution in [2.24, 2.45) is 0 Å². The Hall–Kier alpha value is -2.49. The molecule has 0 spiro atoms. The van der Waals surface area contributed by atoms with Crippen molar-refractivity contribution >= 4 is 11.8 Å². The number of esters is 1. The molecule has 2 aromatic rings. The molecule has 0 saturated heterocycles. The molecule has 0 bridgehead atoms. The summed E-state index contributed by atoms with van der Waals surface area (Å²) in [4.78, 5) is 23.9. The molecule has 2 aromatic carbocycles. The number of ketones is 1. The Labute approximate surface area is 121 Å². The van der Waals surface area contributed by atoms with Gasteiger partial charge in [-0.1, -0.05) is 30.3 Å². The molecular weight excluding hydrogens is 271 g/mol. The van der Waals surface area contributed by atoms with E-state index in [1.54, 1.807) is 24.3 Å². The first kappa shape index (κ1) is 13.5. The molecule has 0 N–H and O–H groups in total. The van der Waals surface area contributed by atoms with Gasteiger partial charge in [0.15, 0.2) is 5.78 Å². The van der Waals surface area contributed by atoms with E-state index in [2.05, 4.69) is 0 Å². The molecule has 0 aliphatic carbocycles. The van der Waals surface area contributed by atoms with Gasteiger partial charge in [-0.05, 0) is 18.2 Å². The van der Waals surface area contributed by atoms with E-state index in [1.165, 1.54) is 18.2 Å². The number of carbonyl (C=O) groups excluding carboxylic acids is 2. The summed E-state index contributed by atoms with van der Waals surface area (Å²) in [5.41, 5.74) is 1.17. The third-order valence-corrected chi connectivity index (χ3v) is 3.58. The second-order valence-electron chi connectivity index (χ2n) is 5.05. The highest BCUT2D eigenvalue weighted by Crippen LogP contribution is 2.37. The van der Waals surface area contributed by atoms with Gasteiger partial charge in [0.25, 0.3) is 0 Å². The molecule has 3 nitrogen and oxygen atoms in total. The smallest absolute Gasteiger partial charge is 0.311 e. The molecule has 1 heterocycles. The summed E-state index contributed by atoms with van der Waals surface area (Å²) in [5, 5.41) is 0. The minimum atomic E-state index is -0.399. The third-order valence-electron chi connectivity index (χ3n) is 3.58. The van der Waals surface area contributed by atoms with Crippen LogP contribution in [0, 0.1) is 5.82 Å². The molecule has 4 heteroatoms. The van der Waals surface area contributed by atoms with Gasteiger partial charge in [0, 0.05) is 23.5 Å². The van der Waals surface area contributed by atoms with E-state index in [0.29, 0.717) is 16.9 Å². The lowest BCUT2D eigenvalue weighted by Crippen LogP contribution is -2.22. The standard InChI is InChI=1S/C17H13FO3/c18-13-6-7-16-14(10-13)12(9-17(20)21-16)8-15(19)11-4-2-1-3-5-11/h1-7,10,12H,8-9H2. The zero-order valence-electron chi connectivity index (χ0n) is 11.2. The lowest BCUT2D eigenvalue weighted by molar-refractivity contribution is -0.135. The topological polar surface area (TPSA) is 43.4 Å². The molecule has 1 unspecified atom stereocenters. The van der Waals surface area contributed by atoms with Gasteiger partial charge in [0.2, 0.25) is 0 Å². The van der Waals surface area contributed by atoms with Crippen LogP contribution in [0.15, 0.2) is 48.5 Å². The normalized spacial score (nSPS) is 17.0. The zero-order chi connectivity index (χ0) is 14.8. The summed E-state index contributed by atoms with van der Waals surface area (Å²) >= 11 is 0. The summed E-state index contributed by atoms with van der Waals surface area (Å²) in [7, 11) is 0. The van der Waals surface area contributed by atoms with E-state index < -0.39 is 5.82 Å². The van der Waals surface area contributed by atoms with Gasteiger partial charge in [-0.25, -0.2) is 4.39 Å². The number of halogens is 1. The number of hydrogen-bond acceptors (Lipinski definition) is 3. The molecule has 21 heavy (non-hydrogen) atoms. The first-order valence-electron chi connectivity index (χ1n) is 6.72. The van der Waals surface area contributed by atoms with Crippen molar-refractivity contribution in [3.05, 3.63) is 65.5 Å². The maximum atomic E-state index is 13.4. The van der Waals surface area contributed by atoms with Crippen LogP contribution < -0.4 is 4.74 Å². The molecule has 0 fully saturated rings. The highest BCUT2D eigenvalue weighted by atomic mass is 19.1. The molecule has 106 valence electrons. The van der Waals surface area contributed by atoms with Gasteiger partial charge in [0.05, 0.1) is 6.42 Å². The first-order chi connectivity index (χ1) is 10.1. The SMILES string of the molecule is O=C1CC(CC(=O)c2ccccc2)c2cc(F)ccc2O1. The third kappa shape index (κ3) is 2.84. The van der Waals surface area contributed by atoms with E-state index in [4.69, 9.17) is 4.74 Å². The second kappa shape index (κ2) is 5.48. The molecule has 0 saturated carbocycles. The Kier molecular flexibility index (Phi) is 3.52. The van der Waals surface area contributed by atoms with Gasteiger partial charge in [-0.3, -0.25) is 9.59 Å². The highest BCUT2D eigenvalue weighted by Gasteiger charge is 2.29. The lowest BCUT2D eigenvalue weighted by Gasteiger charge is -2.24. The second-order valence-corrected chi connectivity index (χ2v) is 5.05. The van der Waals surface area contributed by atoms with Crippen molar-refractivity contribution in [1.82, 2.24) is 0 Å². The zero-order valence-corrected chi connectivity index (χ0v) is 11.2. The van der Waals surface area contributed by atoms with E-state index in [0.717, 1.165) is 0 Å². The van der Waals surface area contributed by atoms with Crippen LogP contribution in [0.4, 0.5) is 4.39 Å². The fraction of sp³-hybridized carbons (Fsp3) is 0.176. The Balaban J connectivity index is 1.88. The quantitative estimate of drug-likeness (QED) is 0.492. The van der Waals surface area contributed by atoms with Gasteiger partial charge in [-0.15, -0.1) is 0 Å². The predicted octanol–water partition coefficient (Wildman–Crippen LogP) is 3.49. The molecule has 3 rings (SSSR count). The van der Waals surface area contributed by atoms with Crippen LogP contribution in [0.3, 0.4) is 0 Å². The van der Waals surface area contributed by atoms with Crippen LogP contribution in [0.5, 0.6) is 5.75 Å². The van der Waals surface area contributed by atoms with Crippen LogP contribution in [0.2, 0.25) is 0 Å². The monoisotopic (exact) mass is 284 g/mol. The Morgan fingerprint density at radius 1 is 1.19 bits per heavy atom. The number of Topliss-reactive ketones (excluding diaryl/α,β-unsaturated/α-hetero) is 1. The highest BCUT2D eigenvalue weighted by molar-refractivity contribution is 5.97.